The molecule has 0 amide bonds. The van der Waals surface area contributed by atoms with Gasteiger partial charge in [0.25, 0.3) is 0 Å². The topological polar surface area (TPSA) is 29.9 Å². The number of hydrogen-bond donors (Lipinski definition) is 1. The van der Waals surface area contributed by atoms with E-state index >= 15 is 0 Å². The monoisotopic (exact) mass is 179 g/mol. The van der Waals surface area contributed by atoms with Gasteiger partial charge in [0, 0.05) is 18.4 Å². The molecule has 1 aliphatic carbocycles. The van der Waals surface area contributed by atoms with Crippen LogP contribution < -0.4 is 5.32 Å². The van der Waals surface area contributed by atoms with Gasteiger partial charge in [0.1, 0.15) is 0 Å². The van der Waals surface area contributed by atoms with Gasteiger partial charge in [-0.05, 0) is 38.8 Å². The average Bonchev–Trinajstić information content (AvgIpc) is 2.80. The highest BCUT2D eigenvalue weighted by Crippen LogP contribution is 2.19. The summed E-state index contributed by atoms with van der Waals surface area (Å²) < 4.78 is 2.02. The molecule has 1 N–H and O–H groups in total. The zero-order chi connectivity index (χ0) is 9.10. The molecule has 13 heavy (non-hydrogen) atoms. The predicted molar refractivity (Wildman–Crippen MR) is 52.6 cm³/mol. The minimum Gasteiger partial charge on any atom is -0.314 e. The maximum atomic E-state index is 4.22. The lowest BCUT2D eigenvalue weighted by Gasteiger charge is -2.11. The smallest absolute Gasteiger partial charge is 0.0503 e. The third-order valence-electron chi connectivity index (χ3n) is 2.55. The van der Waals surface area contributed by atoms with Crippen LogP contribution in [0.25, 0.3) is 0 Å². The van der Waals surface area contributed by atoms with Crippen LogP contribution in [0.4, 0.5) is 0 Å². The lowest BCUT2D eigenvalue weighted by atomic mass is 10.2. The summed E-state index contributed by atoms with van der Waals surface area (Å²) in [5.41, 5.74) is 0. The van der Waals surface area contributed by atoms with Crippen LogP contribution in [-0.4, -0.2) is 22.4 Å². The van der Waals surface area contributed by atoms with Crippen molar-refractivity contribution >= 4 is 0 Å². The molecular formula is C10H17N3. The fourth-order valence-electron chi connectivity index (χ4n) is 1.46. The molecule has 1 atom stereocenters. The molecule has 0 saturated heterocycles. The Morgan fingerprint density at radius 2 is 2.46 bits per heavy atom. The number of hydrogen-bond acceptors (Lipinski definition) is 2. The minimum atomic E-state index is 0.515. The van der Waals surface area contributed by atoms with Crippen LogP contribution in [0.2, 0.25) is 0 Å². The maximum absolute atomic E-state index is 4.22. The molecule has 1 fully saturated rings. The summed E-state index contributed by atoms with van der Waals surface area (Å²) in [7, 11) is 0. The van der Waals surface area contributed by atoms with Crippen molar-refractivity contribution in [3.63, 3.8) is 0 Å². The number of aromatic nitrogens is 2. The van der Waals surface area contributed by atoms with Crippen LogP contribution in [0.15, 0.2) is 18.5 Å². The molecule has 0 aliphatic heterocycles. The van der Waals surface area contributed by atoms with Gasteiger partial charge in [-0.3, -0.25) is 4.68 Å². The van der Waals surface area contributed by atoms with Crippen LogP contribution >= 0.6 is 0 Å². The van der Waals surface area contributed by atoms with Gasteiger partial charge in [0.2, 0.25) is 0 Å². The third kappa shape index (κ3) is 2.56. The van der Waals surface area contributed by atoms with Crippen molar-refractivity contribution in [2.75, 3.05) is 6.54 Å². The van der Waals surface area contributed by atoms with Gasteiger partial charge in [-0.2, -0.15) is 5.10 Å². The molecule has 1 aliphatic rings. The maximum Gasteiger partial charge on any atom is 0.0503 e. The molecule has 0 bridgehead atoms. The van der Waals surface area contributed by atoms with Gasteiger partial charge in [-0.1, -0.05) is 0 Å². The Morgan fingerprint density at radius 1 is 1.62 bits per heavy atom. The second-order valence-corrected chi connectivity index (χ2v) is 3.85. The van der Waals surface area contributed by atoms with Crippen LogP contribution in [0.5, 0.6) is 0 Å². The van der Waals surface area contributed by atoms with Crippen LogP contribution in [0.1, 0.15) is 32.2 Å². The highest BCUT2D eigenvalue weighted by molar-refractivity contribution is 4.83. The second kappa shape index (κ2) is 3.92. The van der Waals surface area contributed by atoms with Crippen molar-refractivity contribution in [3.05, 3.63) is 18.5 Å². The Labute approximate surface area is 79.1 Å². The molecule has 3 heteroatoms. The summed E-state index contributed by atoms with van der Waals surface area (Å²) in [6, 6.07) is 3.32. The molecule has 1 aromatic heterocycles. The van der Waals surface area contributed by atoms with Crippen molar-refractivity contribution in [1.82, 2.24) is 15.1 Å². The van der Waals surface area contributed by atoms with Gasteiger partial charge in [-0.25, -0.2) is 0 Å². The largest absolute Gasteiger partial charge is 0.314 e. The summed E-state index contributed by atoms with van der Waals surface area (Å²) in [6.45, 7) is 3.33. The Morgan fingerprint density at radius 3 is 3.08 bits per heavy atom. The summed E-state index contributed by atoms with van der Waals surface area (Å²) in [5.74, 6) is 0. The highest BCUT2D eigenvalue weighted by atomic mass is 15.3. The first-order valence-electron chi connectivity index (χ1n) is 5.09. The van der Waals surface area contributed by atoms with E-state index in [-0.39, 0.29) is 0 Å². The lowest BCUT2D eigenvalue weighted by Crippen LogP contribution is -2.20. The third-order valence-corrected chi connectivity index (χ3v) is 2.55. The second-order valence-electron chi connectivity index (χ2n) is 3.85. The van der Waals surface area contributed by atoms with E-state index in [1.54, 1.807) is 0 Å². The van der Waals surface area contributed by atoms with Gasteiger partial charge >= 0.3 is 0 Å². The fraction of sp³-hybridized carbons (Fsp3) is 0.700. The van der Waals surface area contributed by atoms with Crippen molar-refractivity contribution in [1.29, 1.82) is 0 Å². The predicted octanol–water partition coefficient (Wildman–Crippen LogP) is 1.59. The highest BCUT2D eigenvalue weighted by Gasteiger charge is 2.19. The molecule has 1 aromatic rings. The van der Waals surface area contributed by atoms with E-state index in [1.807, 2.05) is 23.1 Å². The Bertz CT molecular complexity index is 239. The number of rotatable bonds is 5. The SMILES string of the molecule is CC(CCNC1CC1)n1cccn1. The molecule has 1 saturated carbocycles. The Balaban J connectivity index is 1.68. The molecule has 1 unspecified atom stereocenters. The normalized spacial score (nSPS) is 18.8. The summed E-state index contributed by atoms with van der Waals surface area (Å²) in [4.78, 5) is 0. The first kappa shape index (κ1) is 8.75. The van der Waals surface area contributed by atoms with Gasteiger partial charge in [-0.15, -0.1) is 0 Å². The van der Waals surface area contributed by atoms with E-state index in [0.717, 1.165) is 19.0 Å². The number of nitrogens with zero attached hydrogens (tertiary/aromatic N) is 2. The van der Waals surface area contributed by atoms with Gasteiger partial charge in [0.05, 0.1) is 6.04 Å². The molecule has 0 radical (unpaired) electrons. The summed E-state index contributed by atoms with van der Waals surface area (Å²) >= 11 is 0. The Kier molecular flexibility index (Phi) is 2.64. The van der Waals surface area contributed by atoms with Crippen molar-refractivity contribution in [2.45, 2.75) is 38.3 Å². The average molecular weight is 179 g/mol. The zero-order valence-electron chi connectivity index (χ0n) is 8.11. The first-order chi connectivity index (χ1) is 6.36. The fourth-order valence-corrected chi connectivity index (χ4v) is 1.46. The molecular weight excluding hydrogens is 162 g/mol. The molecule has 2 rings (SSSR count). The molecule has 0 spiro atoms. The van der Waals surface area contributed by atoms with E-state index in [4.69, 9.17) is 0 Å². The zero-order valence-corrected chi connectivity index (χ0v) is 8.11. The first-order valence-corrected chi connectivity index (χ1v) is 5.09. The lowest BCUT2D eigenvalue weighted by molar-refractivity contribution is 0.443. The Hall–Kier alpha value is -0.830. The van der Waals surface area contributed by atoms with Crippen LogP contribution in [0, 0.1) is 0 Å². The van der Waals surface area contributed by atoms with Gasteiger partial charge < -0.3 is 5.32 Å². The van der Waals surface area contributed by atoms with E-state index in [0.29, 0.717) is 6.04 Å². The van der Waals surface area contributed by atoms with Crippen LogP contribution in [-0.2, 0) is 0 Å². The van der Waals surface area contributed by atoms with Crippen LogP contribution in [0.3, 0.4) is 0 Å². The van der Waals surface area contributed by atoms with E-state index < -0.39 is 0 Å². The molecule has 72 valence electrons. The van der Waals surface area contributed by atoms with Crippen molar-refractivity contribution < 1.29 is 0 Å². The van der Waals surface area contributed by atoms with Gasteiger partial charge in [0.15, 0.2) is 0 Å². The minimum absolute atomic E-state index is 0.515. The van der Waals surface area contributed by atoms with Crippen molar-refractivity contribution in [3.8, 4) is 0 Å². The summed E-state index contributed by atoms with van der Waals surface area (Å²) in [6.07, 6.45) is 7.77. The molecule has 3 nitrogen and oxygen atoms in total. The van der Waals surface area contributed by atoms with E-state index in [2.05, 4.69) is 17.3 Å². The van der Waals surface area contributed by atoms with E-state index in [1.165, 1.54) is 12.8 Å². The number of nitrogens with one attached hydrogen (secondary N) is 1. The van der Waals surface area contributed by atoms with Crippen molar-refractivity contribution in [2.24, 2.45) is 0 Å². The molecule has 0 aromatic carbocycles. The standard InChI is InChI=1S/C10H17N3/c1-9(13-8-2-6-12-13)5-7-11-10-3-4-10/h2,6,8-11H,3-5,7H2,1H3. The quantitative estimate of drug-likeness (QED) is 0.744. The van der Waals surface area contributed by atoms with E-state index in [9.17, 15) is 0 Å². The summed E-state index contributed by atoms with van der Waals surface area (Å²) in [5, 5.41) is 7.73. The molecule has 1 heterocycles.